The van der Waals surface area contributed by atoms with Gasteiger partial charge in [0.2, 0.25) is 0 Å². The van der Waals surface area contributed by atoms with Gasteiger partial charge in [0.1, 0.15) is 11.9 Å². The minimum Gasteiger partial charge on any atom is -0.496 e. The number of methoxy groups -OCH3 is 3. The highest BCUT2D eigenvalue weighted by molar-refractivity contribution is 5.97. The summed E-state index contributed by atoms with van der Waals surface area (Å²) in [5.41, 5.74) is 1.53. The molecule has 0 aromatic heterocycles. The topological polar surface area (TPSA) is 66.0 Å². The predicted octanol–water partition coefficient (Wildman–Crippen LogP) is 1.41. The maximum atomic E-state index is 12.5. The van der Waals surface area contributed by atoms with E-state index < -0.39 is 0 Å². The van der Waals surface area contributed by atoms with Crippen LogP contribution in [0.25, 0.3) is 0 Å². The number of carbonyl (C=O) groups is 1. The fraction of sp³-hybridized carbons (Fsp3) is 0.588. The van der Waals surface area contributed by atoms with Crippen LogP contribution >= 0.6 is 0 Å². The van der Waals surface area contributed by atoms with Crippen LogP contribution in [0.3, 0.4) is 0 Å². The number of amides is 1. The standard InChI is InChI=1S/C17H25NO5/c1-11-5-6-14(20-2)13(7-11)17(19)18-8-12-9-23-10-15(21-3)16(12)22-4/h5-7,12,15-16H,8-10H2,1-4H3,(H,18,19)/t12-,15-,16+/m1/s1. The monoisotopic (exact) mass is 323 g/mol. The Labute approximate surface area is 137 Å². The molecule has 1 aromatic carbocycles. The molecule has 1 N–H and O–H groups in total. The average molecular weight is 323 g/mol. The normalized spacial score (nSPS) is 24.3. The Morgan fingerprint density at radius 2 is 2.04 bits per heavy atom. The lowest BCUT2D eigenvalue weighted by atomic mass is 9.96. The van der Waals surface area contributed by atoms with Crippen molar-refractivity contribution in [2.24, 2.45) is 5.92 Å². The van der Waals surface area contributed by atoms with Crippen molar-refractivity contribution in [3.8, 4) is 5.75 Å². The molecular weight excluding hydrogens is 298 g/mol. The number of hydrogen-bond donors (Lipinski definition) is 1. The highest BCUT2D eigenvalue weighted by Gasteiger charge is 2.34. The number of nitrogens with one attached hydrogen (secondary N) is 1. The van der Waals surface area contributed by atoms with Crippen LogP contribution in [0.4, 0.5) is 0 Å². The number of carbonyl (C=O) groups excluding carboxylic acids is 1. The molecule has 0 bridgehead atoms. The van der Waals surface area contributed by atoms with Crippen molar-refractivity contribution in [1.82, 2.24) is 5.32 Å². The molecule has 6 heteroatoms. The summed E-state index contributed by atoms with van der Waals surface area (Å²) in [4.78, 5) is 12.5. The first-order valence-electron chi connectivity index (χ1n) is 7.66. The zero-order valence-corrected chi connectivity index (χ0v) is 14.1. The molecule has 2 rings (SSSR count). The molecule has 1 heterocycles. The average Bonchev–Trinajstić information content (AvgIpc) is 2.58. The number of hydrogen-bond acceptors (Lipinski definition) is 5. The lowest BCUT2D eigenvalue weighted by Crippen LogP contribution is -2.50. The SMILES string of the molecule is COc1ccc(C)cc1C(=O)NC[C@@H]1COC[C@@H](OC)[C@H]1OC. The molecule has 1 amide bonds. The second-order valence-corrected chi connectivity index (χ2v) is 5.69. The van der Waals surface area contributed by atoms with Crippen LogP contribution in [0.15, 0.2) is 18.2 Å². The molecular formula is C17H25NO5. The summed E-state index contributed by atoms with van der Waals surface area (Å²) in [6, 6.07) is 5.53. The van der Waals surface area contributed by atoms with E-state index in [1.165, 1.54) is 0 Å². The van der Waals surface area contributed by atoms with E-state index in [1.54, 1.807) is 27.4 Å². The second-order valence-electron chi connectivity index (χ2n) is 5.69. The smallest absolute Gasteiger partial charge is 0.255 e. The van der Waals surface area contributed by atoms with Gasteiger partial charge in [-0.2, -0.15) is 0 Å². The number of aryl methyl sites for hydroxylation is 1. The van der Waals surface area contributed by atoms with Crippen molar-refractivity contribution in [3.63, 3.8) is 0 Å². The maximum Gasteiger partial charge on any atom is 0.255 e. The molecule has 1 fully saturated rings. The van der Waals surface area contributed by atoms with Gasteiger partial charge in [-0.15, -0.1) is 0 Å². The highest BCUT2D eigenvalue weighted by Crippen LogP contribution is 2.22. The summed E-state index contributed by atoms with van der Waals surface area (Å²) in [5, 5.41) is 2.95. The molecule has 0 unspecified atom stereocenters. The molecule has 1 aromatic rings. The van der Waals surface area contributed by atoms with Gasteiger partial charge in [-0.1, -0.05) is 11.6 Å². The number of rotatable bonds is 6. The molecule has 23 heavy (non-hydrogen) atoms. The summed E-state index contributed by atoms with van der Waals surface area (Å²) in [6.07, 6.45) is -0.224. The van der Waals surface area contributed by atoms with Gasteiger partial charge in [-0.3, -0.25) is 4.79 Å². The van der Waals surface area contributed by atoms with E-state index >= 15 is 0 Å². The zero-order valence-electron chi connectivity index (χ0n) is 14.1. The summed E-state index contributed by atoms with van der Waals surface area (Å²) < 4.78 is 21.7. The van der Waals surface area contributed by atoms with Gasteiger partial charge < -0.3 is 24.3 Å². The minimum absolute atomic E-state index is 0.0402. The molecule has 1 saturated heterocycles. The van der Waals surface area contributed by atoms with Gasteiger partial charge in [-0.05, 0) is 19.1 Å². The third-order valence-corrected chi connectivity index (χ3v) is 4.14. The third-order valence-electron chi connectivity index (χ3n) is 4.14. The van der Waals surface area contributed by atoms with Gasteiger partial charge in [0.05, 0.1) is 32.0 Å². The fourth-order valence-electron chi connectivity index (χ4n) is 2.87. The van der Waals surface area contributed by atoms with E-state index in [4.69, 9.17) is 18.9 Å². The fourth-order valence-corrected chi connectivity index (χ4v) is 2.87. The van der Waals surface area contributed by atoms with E-state index in [0.29, 0.717) is 31.1 Å². The van der Waals surface area contributed by atoms with E-state index in [1.807, 2.05) is 19.1 Å². The van der Waals surface area contributed by atoms with Crippen LogP contribution in [-0.2, 0) is 14.2 Å². The molecule has 1 aliphatic heterocycles. The Hall–Kier alpha value is -1.63. The van der Waals surface area contributed by atoms with Crippen LogP contribution in [-0.4, -0.2) is 59.2 Å². The Balaban J connectivity index is 2.02. The van der Waals surface area contributed by atoms with E-state index in [9.17, 15) is 4.79 Å². The Bertz CT molecular complexity index is 534. The van der Waals surface area contributed by atoms with Crippen molar-refractivity contribution >= 4 is 5.91 Å². The quantitative estimate of drug-likeness (QED) is 0.857. The van der Waals surface area contributed by atoms with Crippen molar-refractivity contribution < 1.29 is 23.7 Å². The van der Waals surface area contributed by atoms with Crippen LogP contribution in [0.2, 0.25) is 0 Å². The molecule has 0 aliphatic carbocycles. The van der Waals surface area contributed by atoms with E-state index in [-0.39, 0.29) is 24.0 Å². The highest BCUT2D eigenvalue weighted by atomic mass is 16.6. The van der Waals surface area contributed by atoms with Crippen LogP contribution < -0.4 is 10.1 Å². The van der Waals surface area contributed by atoms with Gasteiger partial charge >= 0.3 is 0 Å². The molecule has 6 nitrogen and oxygen atoms in total. The first kappa shape index (κ1) is 17.7. The maximum absolute atomic E-state index is 12.5. The molecule has 1 aliphatic rings. The first-order chi connectivity index (χ1) is 11.1. The zero-order chi connectivity index (χ0) is 16.8. The predicted molar refractivity (Wildman–Crippen MR) is 86.0 cm³/mol. The summed E-state index contributed by atoms with van der Waals surface area (Å²) in [7, 11) is 4.85. The van der Waals surface area contributed by atoms with E-state index in [0.717, 1.165) is 5.56 Å². The van der Waals surface area contributed by atoms with Crippen molar-refractivity contribution in [2.75, 3.05) is 41.1 Å². The molecule has 0 radical (unpaired) electrons. The molecule has 3 atom stereocenters. The summed E-state index contributed by atoms with van der Waals surface area (Å²) >= 11 is 0. The minimum atomic E-state index is -0.167. The molecule has 128 valence electrons. The van der Waals surface area contributed by atoms with Gasteiger partial charge in [0.25, 0.3) is 5.91 Å². The Morgan fingerprint density at radius 1 is 1.26 bits per heavy atom. The van der Waals surface area contributed by atoms with Crippen molar-refractivity contribution in [1.29, 1.82) is 0 Å². The largest absolute Gasteiger partial charge is 0.496 e. The van der Waals surface area contributed by atoms with Gasteiger partial charge in [0.15, 0.2) is 0 Å². The van der Waals surface area contributed by atoms with Crippen LogP contribution in [0.5, 0.6) is 5.75 Å². The molecule has 0 saturated carbocycles. The lowest BCUT2D eigenvalue weighted by Gasteiger charge is -2.36. The number of benzene rings is 1. The Morgan fingerprint density at radius 3 is 2.70 bits per heavy atom. The lowest BCUT2D eigenvalue weighted by molar-refractivity contribution is -0.145. The van der Waals surface area contributed by atoms with Gasteiger partial charge in [-0.25, -0.2) is 0 Å². The summed E-state index contributed by atoms with van der Waals surface area (Å²) in [5.74, 6) is 0.435. The van der Waals surface area contributed by atoms with E-state index in [2.05, 4.69) is 5.32 Å². The number of ether oxygens (including phenoxy) is 4. The Kier molecular flexibility index (Phi) is 6.38. The van der Waals surface area contributed by atoms with Crippen molar-refractivity contribution in [3.05, 3.63) is 29.3 Å². The molecule has 0 spiro atoms. The van der Waals surface area contributed by atoms with Crippen LogP contribution in [0.1, 0.15) is 15.9 Å². The van der Waals surface area contributed by atoms with Crippen molar-refractivity contribution in [2.45, 2.75) is 19.1 Å². The van der Waals surface area contributed by atoms with Gasteiger partial charge in [0, 0.05) is 26.7 Å². The summed E-state index contributed by atoms with van der Waals surface area (Å²) in [6.45, 7) is 3.43. The first-order valence-corrected chi connectivity index (χ1v) is 7.66. The third kappa shape index (κ3) is 4.22. The van der Waals surface area contributed by atoms with Crippen LogP contribution in [0, 0.1) is 12.8 Å². The second kappa shape index (κ2) is 8.29.